The molecule has 3 N–H and O–H groups in total. The number of unbranched alkanes of at least 4 members (excludes halogenated alkanes) is 1. The number of carbonyl (C=O) groups is 2. The molecule has 0 aliphatic carbocycles. The van der Waals surface area contributed by atoms with E-state index in [1.807, 2.05) is 6.92 Å². The number of para-hydroxylation sites is 1. The van der Waals surface area contributed by atoms with Crippen LogP contribution in [0.5, 0.6) is 0 Å². The van der Waals surface area contributed by atoms with Gasteiger partial charge in [-0.25, -0.2) is 8.42 Å². The predicted molar refractivity (Wildman–Crippen MR) is 111 cm³/mol. The lowest BCUT2D eigenvalue weighted by molar-refractivity contribution is 0.0954. The second kappa shape index (κ2) is 9.36. The van der Waals surface area contributed by atoms with Gasteiger partial charge in [0, 0.05) is 12.1 Å². The highest BCUT2D eigenvalue weighted by Gasteiger charge is 2.17. The largest absolute Gasteiger partial charge is 0.352 e. The normalized spacial score (nSPS) is 11.0. The number of hydrogen-bond donors (Lipinski definition) is 3. The van der Waals surface area contributed by atoms with E-state index < -0.39 is 15.9 Å². The molecule has 2 rings (SSSR count). The summed E-state index contributed by atoms with van der Waals surface area (Å²) in [5.41, 5.74) is 1.91. The molecule has 0 saturated carbocycles. The Hall–Kier alpha value is -2.87. The van der Waals surface area contributed by atoms with E-state index in [2.05, 4.69) is 15.4 Å². The van der Waals surface area contributed by atoms with Crippen LogP contribution in [0.2, 0.25) is 0 Å². The first-order valence-electron chi connectivity index (χ1n) is 8.99. The van der Waals surface area contributed by atoms with E-state index >= 15 is 0 Å². The monoisotopic (exact) mass is 403 g/mol. The highest BCUT2D eigenvalue weighted by atomic mass is 32.2. The molecule has 0 spiro atoms. The zero-order valence-electron chi connectivity index (χ0n) is 16.2. The first kappa shape index (κ1) is 21.4. The number of carbonyl (C=O) groups excluding carboxylic acids is 2. The van der Waals surface area contributed by atoms with Crippen LogP contribution in [0.4, 0.5) is 11.4 Å². The van der Waals surface area contributed by atoms with Gasteiger partial charge in [-0.1, -0.05) is 31.5 Å². The van der Waals surface area contributed by atoms with Gasteiger partial charge in [-0.2, -0.15) is 0 Å². The van der Waals surface area contributed by atoms with Gasteiger partial charge in [0.1, 0.15) is 0 Å². The fourth-order valence-electron chi connectivity index (χ4n) is 2.65. The van der Waals surface area contributed by atoms with E-state index in [0.717, 1.165) is 19.1 Å². The van der Waals surface area contributed by atoms with Crippen LogP contribution in [0.1, 0.15) is 46.0 Å². The van der Waals surface area contributed by atoms with Crippen LogP contribution >= 0.6 is 0 Å². The molecule has 0 aliphatic rings. The molecule has 0 fully saturated rings. The quantitative estimate of drug-likeness (QED) is 0.589. The van der Waals surface area contributed by atoms with Gasteiger partial charge in [-0.3, -0.25) is 14.3 Å². The van der Waals surface area contributed by atoms with Crippen LogP contribution < -0.4 is 15.4 Å². The molecule has 150 valence electrons. The minimum Gasteiger partial charge on any atom is -0.352 e. The minimum atomic E-state index is -3.46. The van der Waals surface area contributed by atoms with E-state index in [-0.39, 0.29) is 5.91 Å². The van der Waals surface area contributed by atoms with Crippen molar-refractivity contribution in [3.63, 3.8) is 0 Å². The lowest BCUT2D eigenvalue weighted by atomic mass is 10.1. The minimum absolute atomic E-state index is 0.256. The molecule has 0 aromatic heterocycles. The van der Waals surface area contributed by atoms with Crippen molar-refractivity contribution in [2.75, 3.05) is 22.8 Å². The number of nitrogens with one attached hydrogen (secondary N) is 3. The summed E-state index contributed by atoms with van der Waals surface area (Å²) in [4.78, 5) is 25.2. The molecular formula is C20H25N3O4S. The summed E-state index contributed by atoms with van der Waals surface area (Å²) in [5.74, 6) is -0.683. The van der Waals surface area contributed by atoms with Gasteiger partial charge in [-0.05, 0) is 43.2 Å². The Balaban J connectivity index is 2.24. The zero-order chi connectivity index (χ0) is 20.7. The van der Waals surface area contributed by atoms with Crippen molar-refractivity contribution >= 4 is 33.2 Å². The summed E-state index contributed by atoms with van der Waals surface area (Å²) in [5, 5.41) is 5.58. The highest BCUT2D eigenvalue weighted by Crippen LogP contribution is 2.22. The van der Waals surface area contributed by atoms with Gasteiger partial charge >= 0.3 is 0 Å². The summed E-state index contributed by atoms with van der Waals surface area (Å²) in [6, 6.07) is 11.5. The number of anilines is 2. The SMILES string of the molecule is CCCCNC(=O)c1ccccc1NC(=O)c1cccc(NS(C)(=O)=O)c1C. The Bertz CT molecular complexity index is 971. The average Bonchev–Trinajstić information content (AvgIpc) is 2.63. The number of amides is 2. The average molecular weight is 404 g/mol. The molecular weight excluding hydrogens is 378 g/mol. The molecule has 0 unspecified atom stereocenters. The topological polar surface area (TPSA) is 104 Å². The maximum absolute atomic E-state index is 12.8. The summed E-state index contributed by atoms with van der Waals surface area (Å²) < 4.78 is 25.4. The summed E-state index contributed by atoms with van der Waals surface area (Å²) in [7, 11) is -3.46. The molecule has 2 aromatic rings. The summed E-state index contributed by atoms with van der Waals surface area (Å²) in [6.45, 7) is 4.26. The van der Waals surface area contributed by atoms with Gasteiger partial charge < -0.3 is 10.6 Å². The maximum Gasteiger partial charge on any atom is 0.256 e. The number of rotatable bonds is 8. The van der Waals surface area contributed by atoms with Crippen molar-refractivity contribution in [1.29, 1.82) is 0 Å². The van der Waals surface area contributed by atoms with Gasteiger partial charge in [0.25, 0.3) is 11.8 Å². The molecule has 0 radical (unpaired) electrons. The Morgan fingerprint density at radius 3 is 2.25 bits per heavy atom. The van der Waals surface area contributed by atoms with E-state index in [9.17, 15) is 18.0 Å². The molecule has 0 atom stereocenters. The Labute approximate surface area is 165 Å². The molecule has 2 amide bonds. The molecule has 7 nitrogen and oxygen atoms in total. The maximum atomic E-state index is 12.8. The third-order valence-corrected chi connectivity index (χ3v) is 4.70. The molecule has 0 bridgehead atoms. The summed E-state index contributed by atoms with van der Waals surface area (Å²) in [6.07, 6.45) is 2.89. The molecule has 0 aliphatic heterocycles. The van der Waals surface area contributed by atoms with Crippen molar-refractivity contribution in [3.05, 3.63) is 59.2 Å². The van der Waals surface area contributed by atoms with Crippen LogP contribution in [-0.4, -0.2) is 33.0 Å². The lowest BCUT2D eigenvalue weighted by Crippen LogP contribution is -2.26. The fourth-order valence-corrected chi connectivity index (χ4v) is 3.27. The molecule has 28 heavy (non-hydrogen) atoms. The van der Waals surface area contributed by atoms with Crippen molar-refractivity contribution in [2.45, 2.75) is 26.7 Å². The second-order valence-corrected chi connectivity index (χ2v) is 8.21. The Morgan fingerprint density at radius 1 is 0.929 bits per heavy atom. The molecule has 0 saturated heterocycles. The van der Waals surface area contributed by atoms with Gasteiger partial charge in [0.05, 0.1) is 23.2 Å². The van der Waals surface area contributed by atoms with Crippen LogP contribution in [0.25, 0.3) is 0 Å². The number of hydrogen-bond acceptors (Lipinski definition) is 4. The Kier molecular flexibility index (Phi) is 7.17. The number of benzene rings is 2. The number of sulfonamides is 1. The Morgan fingerprint density at radius 2 is 1.57 bits per heavy atom. The standard InChI is InChI=1S/C20H25N3O4S/c1-4-5-13-21-19(24)16-9-6-7-11-18(16)22-20(25)15-10-8-12-17(14(15)2)23-28(3,26)27/h6-12,23H,4-5,13H2,1-3H3,(H,21,24)(H,22,25). The third-order valence-electron chi connectivity index (χ3n) is 4.11. The smallest absolute Gasteiger partial charge is 0.256 e. The summed E-state index contributed by atoms with van der Waals surface area (Å²) >= 11 is 0. The zero-order valence-corrected chi connectivity index (χ0v) is 17.0. The van der Waals surface area contributed by atoms with E-state index in [4.69, 9.17) is 0 Å². The lowest BCUT2D eigenvalue weighted by Gasteiger charge is -2.14. The van der Waals surface area contributed by atoms with Crippen LogP contribution in [0, 0.1) is 6.92 Å². The molecule has 8 heteroatoms. The van der Waals surface area contributed by atoms with Crippen molar-refractivity contribution in [1.82, 2.24) is 5.32 Å². The van der Waals surface area contributed by atoms with Gasteiger partial charge in [0.15, 0.2) is 0 Å². The van der Waals surface area contributed by atoms with E-state index in [1.165, 1.54) is 0 Å². The highest BCUT2D eigenvalue weighted by molar-refractivity contribution is 7.92. The fraction of sp³-hybridized carbons (Fsp3) is 0.300. The third kappa shape index (κ3) is 5.82. The van der Waals surface area contributed by atoms with Gasteiger partial charge in [0.2, 0.25) is 10.0 Å². The first-order valence-corrected chi connectivity index (χ1v) is 10.9. The van der Waals surface area contributed by atoms with Crippen LogP contribution in [0.15, 0.2) is 42.5 Å². The van der Waals surface area contributed by atoms with Crippen LogP contribution in [0.3, 0.4) is 0 Å². The first-order chi connectivity index (χ1) is 13.2. The predicted octanol–water partition coefficient (Wildman–Crippen LogP) is 3.15. The van der Waals surface area contributed by atoms with E-state index in [1.54, 1.807) is 49.4 Å². The van der Waals surface area contributed by atoms with Crippen molar-refractivity contribution < 1.29 is 18.0 Å². The van der Waals surface area contributed by atoms with Gasteiger partial charge in [-0.15, -0.1) is 0 Å². The van der Waals surface area contributed by atoms with Crippen molar-refractivity contribution in [3.8, 4) is 0 Å². The second-order valence-electron chi connectivity index (χ2n) is 6.46. The van der Waals surface area contributed by atoms with Crippen molar-refractivity contribution in [2.24, 2.45) is 0 Å². The van der Waals surface area contributed by atoms with Crippen LogP contribution in [-0.2, 0) is 10.0 Å². The molecule has 2 aromatic carbocycles. The molecule has 0 heterocycles. The van der Waals surface area contributed by atoms with E-state index in [0.29, 0.717) is 34.6 Å².